The Bertz CT molecular complexity index is 1270. The van der Waals surface area contributed by atoms with Gasteiger partial charge in [0.05, 0.1) is 24.0 Å². The lowest BCUT2D eigenvalue weighted by molar-refractivity contribution is 0.0506. The maximum absolute atomic E-state index is 14.3. The summed E-state index contributed by atoms with van der Waals surface area (Å²) in [5, 5.41) is 7.09. The van der Waals surface area contributed by atoms with Crippen LogP contribution < -0.4 is 10.2 Å². The highest BCUT2D eigenvalue weighted by Crippen LogP contribution is 2.34. The fraction of sp³-hybridized carbons (Fsp3) is 0.500. The number of alkyl carbamates (subject to hydrolysis) is 1. The number of aryl methyl sites for hydroxylation is 2. The molecule has 4 rings (SSSR count). The fourth-order valence-electron chi connectivity index (χ4n) is 4.54. The van der Waals surface area contributed by atoms with Gasteiger partial charge < -0.3 is 15.0 Å². The maximum atomic E-state index is 14.3. The van der Waals surface area contributed by atoms with E-state index in [9.17, 15) is 14.0 Å². The first-order chi connectivity index (χ1) is 17.1. The lowest BCUT2D eigenvalue weighted by Crippen LogP contribution is -2.38. The topological polar surface area (TPSA) is 102 Å². The van der Waals surface area contributed by atoms with Crippen LogP contribution in [0.5, 0.6) is 0 Å². The number of rotatable bonds is 7. The minimum Gasteiger partial charge on any atom is -0.444 e. The minimum absolute atomic E-state index is 0.149. The van der Waals surface area contributed by atoms with Crippen LogP contribution in [-0.4, -0.2) is 50.1 Å². The Labute approximate surface area is 210 Å². The predicted molar refractivity (Wildman–Crippen MR) is 134 cm³/mol. The maximum Gasteiger partial charge on any atom is 0.407 e. The minimum atomic E-state index is -0.571. The van der Waals surface area contributed by atoms with Crippen molar-refractivity contribution in [1.82, 2.24) is 24.9 Å². The van der Waals surface area contributed by atoms with Crippen LogP contribution in [0.3, 0.4) is 0 Å². The van der Waals surface area contributed by atoms with Crippen molar-refractivity contribution in [2.24, 2.45) is 0 Å². The highest BCUT2D eigenvalue weighted by Gasteiger charge is 2.28. The van der Waals surface area contributed by atoms with E-state index in [1.807, 2.05) is 40.8 Å². The highest BCUT2D eigenvalue weighted by molar-refractivity contribution is 5.84. The number of carbonyl (C=O) groups excluding carboxylic acids is 2. The molecule has 0 bridgehead atoms. The van der Waals surface area contributed by atoms with E-state index in [4.69, 9.17) is 9.72 Å². The van der Waals surface area contributed by atoms with Gasteiger partial charge in [0, 0.05) is 30.0 Å². The van der Waals surface area contributed by atoms with Crippen molar-refractivity contribution in [2.45, 2.75) is 78.0 Å². The number of hydrogen-bond donors (Lipinski definition) is 1. The quantitative estimate of drug-likeness (QED) is 0.483. The summed E-state index contributed by atoms with van der Waals surface area (Å²) >= 11 is 0. The smallest absolute Gasteiger partial charge is 0.407 e. The van der Waals surface area contributed by atoms with Gasteiger partial charge in [0.2, 0.25) is 0 Å². The van der Waals surface area contributed by atoms with Crippen LogP contribution in [0.2, 0.25) is 0 Å². The first-order valence-corrected chi connectivity index (χ1v) is 12.3. The normalized spacial score (nSPS) is 15.3. The molecule has 1 N–H and O–H groups in total. The van der Waals surface area contributed by atoms with Gasteiger partial charge in [-0.15, -0.1) is 0 Å². The molecular formula is C26H33FN6O3. The van der Waals surface area contributed by atoms with Crippen LogP contribution in [0.15, 0.2) is 24.7 Å². The van der Waals surface area contributed by atoms with E-state index >= 15 is 0 Å². The van der Waals surface area contributed by atoms with Gasteiger partial charge in [-0.1, -0.05) is 0 Å². The van der Waals surface area contributed by atoms with Crippen LogP contribution in [0.4, 0.5) is 15.0 Å². The molecule has 9 nitrogen and oxygen atoms in total. The van der Waals surface area contributed by atoms with Crippen molar-refractivity contribution in [3.05, 3.63) is 52.9 Å². The molecule has 3 aromatic heterocycles. The summed E-state index contributed by atoms with van der Waals surface area (Å²) < 4.78 is 21.3. The third kappa shape index (κ3) is 5.63. The van der Waals surface area contributed by atoms with Crippen LogP contribution in [-0.2, 0) is 17.6 Å². The number of fused-ring (bicyclic) bond motifs is 2. The van der Waals surface area contributed by atoms with Crippen molar-refractivity contribution in [3.63, 3.8) is 0 Å². The molecule has 0 saturated heterocycles. The molecule has 2 atom stereocenters. The standard InChI is InChI=1S/C26H33FN6O3/c1-16(30-25(35)36-26(3,4)5)8-9-22-21(11-20(27)13-28-22)17(2)32-10-6-7-18-14-33-24(31-23(18)32)19(15-34)12-29-33/h11-17H,6-10H2,1-5H3,(H,30,35)/t16-,17?/m1/s1. The van der Waals surface area contributed by atoms with Gasteiger partial charge in [-0.3, -0.25) is 9.78 Å². The molecule has 1 aliphatic heterocycles. The van der Waals surface area contributed by atoms with Gasteiger partial charge in [-0.2, -0.15) is 5.10 Å². The Morgan fingerprint density at radius 2 is 2.08 bits per heavy atom. The number of halogens is 1. The Kier molecular flexibility index (Phi) is 7.23. The highest BCUT2D eigenvalue weighted by atomic mass is 19.1. The molecule has 0 radical (unpaired) electrons. The third-order valence-electron chi connectivity index (χ3n) is 6.28. The van der Waals surface area contributed by atoms with E-state index in [1.165, 1.54) is 18.5 Å². The Morgan fingerprint density at radius 1 is 1.31 bits per heavy atom. The largest absolute Gasteiger partial charge is 0.444 e. The van der Waals surface area contributed by atoms with Crippen molar-refractivity contribution < 1.29 is 18.7 Å². The fourth-order valence-corrected chi connectivity index (χ4v) is 4.54. The van der Waals surface area contributed by atoms with E-state index in [1.54, 1.807) is 4.52 Å². The summed E-state index contributed by atoms with van der Waals surface area (Å²) in [6, 6.07) is 1.18. The SMILES string of the molecule is CC(c1cc(F)cnc1CC[C@@H](C)NC(=O)OC(C)(C)C)N1CCCc2cn3ncc(C=O)c3nc21. The molecule has 0 spiro atoms. The second kappa shape index (κ2) is 10.2. The zero-order valence-corrected chi connectivity index (χ0v) is 21.4. The Hall–Kier alpha value is -3.56. The van der Waals surface area contributed by atoms with E-state index in [2.05, 4.69) is 20.3 Å². The summed E-state index contributed by atoms with van der Waals surface area (Å²) in [6.45, 7) is 10.1. The molecule has 4 heterocycles. The number of hydrogen-bond acceptors (Lipinski definition) is 7. The molecule has 10 heteroatoms. The van der Waals surface area contributed by atoms with Crippen molar-refractivity contribution in [2.75, 3.05) is 11.4 Å². The lowest BCUT2D eigenvalue weighted by Gasteiger charge is -2.36. The lowest BCUT2D eigenvalue weighted by atomic mass is 9.97. The van der Waals surface area contributed by atoms with Gasteiger partial charge in [-0.05, 0) is 71.9 Å². The summed E-state index contributed by atoms with van der Waals surface area (Å²) in [4.78, 5) is 34.9. The summed E-state index contributed by atoms with van der Waals surface area (Å²) in [6.07, 6.45) is 7.88. The molecule has 1 aliphatic rings. The molecule has 0 aromatic carbocycles. The zero-order chi connectivity index (χ0) is 26.0. The van der Waals surface area contributed by atoms with Gasteiger partial charge in [-0.25, -0.2) is 18.7 Å². The van der Waals surface area contributed by atoms with Crippen molar-refractivity contribution >= 4 is 23.8 Å². The molecule has 0 fully saturated rings. The number of nitrogens with zero attached hydrogens (tertiary/aromatic N) is 5. The summed E-state index contributed by atoms with van der Waals surface area (Å²) in [7, 11) is 0. The van der Waals surface area contributed by atoms with Gasteiger partial charge >= 0.3 is 6.09 Å². The third-order valence-corrected chi connectivity index (χ3v) is 6.28. The number of ether oxygens (including phenoxy) is 1. The number of pyridine rings is 1. The summed E-state index contributed by atoms with van der Waals surface area (Å²) in [5.41, 5.74) is 2.94. The number of amides is 1. The second-order valence-corrected chi connectivity index (χ2v) is 10.3. The number of anilines is 1. The Balaban J connectivity index is 1.56. The molecule has 36 heavy (non-hydrogen) atoms. The average molecular weight is 497 g/mol. The van der Waals surface area contributed by atoms with E-state index in [0.29, 0.717) is 24.1 Å². The molecule has 0 saturated carbocycles. The summed E-state index contributed by atoms with van der Waals surface area (Å²) in [5.74, 6) is 0.375. The first kappa shape index (κ1) is 25.5. The number of nitrogens with one attached hydrogen (secondary N) is 1. The number of aromatic nitrogens is 4. The molecule has 3 aromatic rings. The number of aldehydes is 1. The average Bonchev–Trinajstić information content (AvgIpc) is 3.21. The van der Waals surface area contributed by atoms with E-state index in [0.717, 1.165) is 48.3 Å². The molecule has 0 aliphatic carbocycles. The van der Waals surface area contributed by atoms with Gasteiger partial charge in [0.25, 0.3) is 0 Å². The molecule has 1 unspecified atom stereocenters. The second-order valence-electron chi connectivity index (χ2n) is 10.3. The van der Waals surface area contributed by atoms with Gasteiger partial charge in [0.15, 0.2) is 11.9 Å². The van der Waals surface area contributed by atoms with E-state index < -0.39 is 17.5 Å². The van der Waals surface area contributed by atoms with E-state index in [-0.39, 0.29) is 12.1 Å². The van der Waals surface area contributed by atoms with Crippen molar-refractivity contribution in [3.8, 4) is 0 Å². The Morgan fingerprint density at radius 3 is 2.81 bits per heavy atom. The number of carbonyl (C=O) groups is 2. The van der Waals surface area contributed by atoms with Crippen LogP contribution >= 0.6 is 0 Å². The van der Waals surface area contributed by atoms with Crippen LogP contribution in [0.25, 0.3) is 5.65 Å². The zero-order valence-electron chi connectivity index (χ0n) is 21.4. The molecular weight excluding hydrogens is 463 g/mol. The predicted octanol–water partition coefficient (Wildman–Crippen LogP) is 4.44. The van der Waals surface area contributed by atoms with Crippen LogP contribution in [0, 0.1) is 5.82 Å². The monoisotopic (exact) mass is 496 g/mol. The van der Waals surface area contributed by atoms with Gasteiger partial charge in [0.1, 0.15) is 17.2 Å². The molecule has 192 valence electrons. The van der Waals surface area contributed by atoms with Crippen molar-refractivity contribution in [1.29, 1.82) is 0 Å². The van der Waals surface area contributed by atoms with Crippen LogP contribution in [0.1, 0.15) is 80.7 Å². The molecule has 1 amide bonds. The first-order valence-electron chi connectivity index (χ1n) is 12.3.